The van der Waals surface area contributed by atoms with E-state index in [9.17, 15) is 0 Å². The van der Waals surface area contributed by atoms with Crippen molar-refractivity contribution in [1.29, 1.82) is 0 Å². The molecule has 1 aromatic heterocycles. The summed E-state index contributed by atoms with van der Waals surface area (Å²) in [6, 6.07) is 95.7. The lowest BCUT2D eigenvalue weighted by Crippen LogP contribution is -2.36. The molecule has 4 atom stereocenters. The number of para-hydroxylation sites is 2. The van der Waals surface area contributed by atoms with E-state index in [-0.39, 0.29) is 0 Å². The van der Waals surface area contributed by atoms with Crippen molar-refractivity contribution < 1.29 is 0 Å². The van der Waals surface area contributed by atoms with Crippen molar-refractivity contribution in [2.45, 2.75) is 56.8 Å². The van der Waals surface area contributed by atoms with Crippen LogP contribution in [0.1, 0.15) is 84.7 Å². The summed E-state index contributed by atoms with van der Waals surface area (Å²) in [5.74, 6) is 2.02. The maximum absolute atomic E-state index is 2.61. The lowest BCUT2D eigenvalue weighted by atomic mass is 9.58. The molecule has 0 saturated heterocycles. The van der Waals surface area contributed by atoms with E-state index in [1.807, 2.05) is 0 Å². The topological polar surface area (TPSA) is 8.17 Å². The molecule has 11 aromatic rings. The quantitative estimate of drug-likeness (QED) is 0.147. The predicted molar refractivity (Wildman–Crippen MR) is 307 cm³/mol. The van der Waals surface area contributed by atoms with Crippen LogP contribution in [0.15, 0.2) is 255 Å². The van der Waals surface area contributed by atoms with Gasteiger partial charge < -0.3 is 9.47 Å². The average Bonchev–Trinajstić information content (AvgIpc) is 3.78. The Morgan fingerprint density at radius 1 is 0.356 bits per heavy atom. The lowest BCUT2D eigenvalue weighted by Gasteiger charge is -2.45. The van der Waals surface area contributed by atoms with Gasteiger partial charge in [0.25, 0.3) is 0 Å². The maximum atomic E-state index is 2.61. The summed E-state index contributed by atoms with van der Waals surface area (Å²) in [5, 5.41) is 2.55. The third-order valence-electron chi connectivity index (χ3n) is 16.5. The van der Waals surface area contributed by atoms with E-state index in [1.54, 1.807) is 0 Å². The zero-order valence-corrected chi connectivity index (χ0v) is 41.8. The summed E-state index contributed by atoms with van der Waals surface area (Å²) in [4.78, 5) is 2.51. The van der Waals surface area contributed by atoms with E-state index in [1.165, 1.54) is 96.0 Å². The van der Waals surface area contributed by atoms with Crippen LogP contribution in [-0.2, 0) is 5.41 Å². The highest BCUT2D eigenvalue weighted by atomic mass is 15.1. The highest BCUT2D eigenvalue weighted by Crippen LogP contribution is 2.55. The van der Waals surface area contributed by atoms with Crippen molar-refractivity contribution in [3.63, 3.8) is 0 Å². The minimum atomic E-state index is -0.540. The number of nitrogens with zero attached hydrogens (tertiary/aromatic N) is 2. The molecule has 354 valence electrons. The van der Waals surface area contributed by atoms with Crippen molar-refractivity contribution >= 4 is 38.9 Å². The molecule has 2 heteroatoms. The number of hydrogen-bond acceptors (Lipinski definition) is 1. The Morgan fingerprint density at radius 3 is 1.42 bits per heavy atom. The van der Waals surface area contributed by atoms with Crippen LogP contribution in [0.5, 0.6) is 0 Å². The molecule has 3 aliphatic carbocycles. The fraction of sp³-hybridized carbons (Fsp3) is 0.155. The molecule has 0 amide bonds. The van der Waals surface area contributed by atoms with Gasteiger partial charge in [-0.05, 0) is 166 Å². The molecule has 1 fully saturated rings. The van der Waals surface area contributed by atoms with Gasteiger partial charge in [-0.2, -0.15) is 0 Å². The fourth-order valence-corrected chi connectivity index (χ4v) is 13.4. The Bertz CT molecular complexity index is 3610. The zero-order valence-electron chi connectivity index (χ0n) is 41.8. The van der Waals surface area contributed by atoms with Gasteiger partial charge in [-0.3, -0.25) is 0 Å². The van der Waals surface area contributed by atoms with Crippen LogP contribution in [0.4, 0.5) is 17.1 Å². The highest BCUT2D eigenvalue weighted by Gasteiger charge is 2.45. The highest BCUT2D eigenvalue weighted by molar-refractivity contribution is 6.09. The predicted octanol–water partition coefficient (Wildman–Crippen LogP) is 19.0. The molecule has 10 aromatic carbocycles. The van der Waals surface area contributed by atoms with Crippen molar-refractivity contribution in [2.75, 3.05) is 4.90 Å². The van der Waals surface area contributed by atoms with E-state index < -0.39 is 5.41 Å². The third-order valence-corrected chi connectivity index (χ3v) is 16.5. The molecule has 2 nitrogen and oxygen atoms in total. The van der Waals surface area contributed by atoms with Crippen LogP contribution >= 0.6 is 0 Å². The largest absolute Gasteiger partial charge is 0.310 e. The third kappa shape index (κ3) is 7.88. The molecular weight excluding hydrogens is 881 g/mol. The van der Waals surface area contributed by atoms with E-state index in [0.29, 0.717) is 23.7 Å². The van der Waals surface area contributed by atoms with E-state index in [2.05, 4.69) is 278 Å². The Kier molecular flexibility index (Phi) is 11.5. The van der Waals surface area contributed by atoms with Crippen LogP contribution in [0.2, 0.25) is 0 Å². The molecular formula is C71H60N2. The van der Waals surface area contributed by atoms with Crippen LogP contribution in [-0.4, -0.2) is 4.57 Å². The molecule has 1 saturated carbocycles. The summed E-state index contributed by atoms with van der Waals surface area (Å²) in [6.07, 6.45) is 4.71. The van der Waals surface area contributed by atoms with Gasteiger partial charge in [0.2, 0.25) is 0 Å². The van der Waals surface area contributed by atoms with Gasteiger partial charge in [-0.1, -0.05) is 208 Å². The Hall–Kier alpha value is -8.20. The number of aromatic nitrogens is 1. The maximum Gasteiger partial charge on any atom is 0.0707 e. The number of hydrogen-bond donors (Lipinski definition) is 0. The standard InChI is InChI=1S/C71H60N2/c1-49-43-55-44-50(2)46-56(45-49)66-48-62(41-42-68(66)71(57-22-8-4-9-23-57,58-24-10-5-11-25-58)67-30-15-12-27-63(55)67)72(61-26-18-21-54(47-61)51-19-6-3-7-20-51)59-37-33-52(34-38-59)53-35-39-60(40-36-53)73-69-31-16-13-28-64(69)65-29-14-17-32-70(65)73/h3-42,47-50,55-56H,43-46H2,1-2H3/t49-,50+,55?,56+. The summed E-state index contributed by atoms with van der Waals surface area (Å²) >= 11 is 0. The molecule has 0 radical (unpaired) electrons. The van der Waals surface area contributed by atoms with E-state index >= 15 is 0 Å². The second kappa shape index (κ2) is 18.8. The van der Waals surface area contributed by atoms with Gasteiger partial charge in [0, 0.05) is 33.5 Å². The first-order valence-corrected chi connectivity index (χ1v) is 26.5. The number of benzene rings is 10. The Balaban J connectivity index is 0.990. The van der Waals surface area contributed by atoms with Crippen LogP contribution in [0.25, 0.3) is 49.7 Å². The normalized spacial score (nSPS) is 18.2. The van der Waals surface area contributed by atoms with E-state index in [4.69, 9.17) is 0 Å². The van der Waals surface area contributed by atoms with Crippen molar-refractivity contribution in [3.05, 3.63) is 288 Å². The molecule has 14 rings (SSSR count). The first-order valence-electron chi connectivity index (χ1n) is 26.5. The van der Waals surface area contributed by atoms with Gasteiger partial charge >= 0.3 is 0 Å². The fourth-order valence-electron chi connectivity index (χ4n) is 13.4. The van der Waals surface area contributed by atoms with Crippen molar-refractivity contribution in [1.82, 2.24) is 4.57 Å². The van der Waals surface area contributed by atoms with Gasteiger partial charge in [-0.25, -0.2) is 0 Å². The van der Waals surface area contributed by atoms with Crippen molar-refractivity contribution in [2.24, 2.45) is 11.8 Å². The van der Waals surface area contributed by atoms with Gasteiger partial charge in [0.05, 0.1) is 16.4 Å². The van der Waals surface area contributed by atoms with Crippen molar-refractivity contribution in [3.8, 4) is 27.9 Å². The Labute approximate surface area is 430 Å². The number of fused-ring (bicyclic) bond motifs is 7. The molecule has 0 spiro atoms. The lowest BCUT2D eigenvalue weighted by molar-refractivity contribution is 0.284. The average molecular weight is 941 g/mol. The SMILES string of the molecule is C[C@@H]1CC2C[C@H](C)C[C@H](C1)c1cc(N(c3ccc(-c4ccc(-n5c6ccccc6c6ccccc65)cc4)cc3)c3cccc(-c4ccccc4)c3)ccc1C(c1ccccc1)(c1ccccc1)c1ccccc12. The second-order valence-corrected chi connectivity index (χ2v) is 21.1. The minimum Gasteiger partial charge on any atom is -0.310 e. The summed E-state index contributed by atoms with van der Waals surface area (Å²) < 4.78 is 2.39. The van der Waals surface area contributed by atoms with Crippen LogP contribution < -0.4 is 4.90 Å². The van der Waals surface area contributed by atoms with Gasteiger partial charge in [0.1, 0.15) is 0 Å². The van der Waals surface area contributed by atoms with Gasteiger partial charge in [-0.15, -0.1) is 0 Å². The molecule has 0 aliphatic heterocycles. The summed E-state index contributed by atoms with van der Waals surface area (Å²) in [5.41, 5.74) is 19.7. The molecule has 73 heavy (non-hydrogen) atoms. The molecule has 2 bridgehead atoms. The minimum absolute atomic E-state index is 0.378. The van der Waals surface area contributed by atoms with Crippen LogP contribution in [0.3, 0.4) is 0 Å². The Morgan fingerprint density at radius 2 is 0.808 bits per heavy atom. The monoisotopic (exact) mass is 940 g/mol. The first kappa shape index (κ1) is 44.7. The smallest absolute Gasteiger partial charge is 0.0707 e. The number of rotatable bonds is 8. The summed E-state index contributed by atoms with van der Waals surface area (Å²) in [6.45, 7) is 5.04. The molecule has 1 unspecified atom stereocenters. The molecule has 0 N–H and O–H groups in total. The molecule has 3 aliphatic rings. The summed E-state index contributed by atoms with van der Waals surface area (Å²) in [7, 11) is 0. The number of anilines is 3. The molecule has 1 heterocycles. The van der Waals surface area contributed by atoms with E-state index in [0.717, 1.165) is 29.9 Å². The van der Waals surface area contributed by atoms with Gasteiger partial charge in [0.15, 0.2) is 0 Å². The first-order chi connectivity index (χ1) is 36.0. The zero-order chi connectivity index (χ0) is 48.9. The van der Waals surface area contributed by atoms with Crippen LogP contribution in [0, 0.1) is 11.8 Å². The second-order valence-electron chi connectivity index (χ2n) is 21.1.